The fourth-order valence-electron chi connectivity index (χ4n) is 2.65. The van der Waals surface area contributed by atoms with Crippen LogP contribution in [-0.2, 0) is 0 Å². The van der Waals surface area contributed by atoms with Crippen LogP contribution >= 0.6 is 0 Å². The van der Waals surface area contributed by atoms with Crippen molar-refractivity contribution in [3.63, 3.8) is 0 Å². The van der Waals surface area contributed by atoms with Crippen LogP contribution in [0.5, 0.6) is 0 Å². The summed E-state index contributed by atoms with van der Waals surface area (Å²) in [5.74, 6) is 0.986. The summed E-state index contributed by atoms with van der Waals surface area (Å²) in [6.07, 6.45) is 5.85. The predicted molar refractivity (Wildman–Crippen MR) is 47.6 cm³/mol. The highest BCUT2D eigenvalue weighted by atomic mass is 15.2. The summed E-state index contributed by atoms with van der Waals surface area (Å²) in [5, 5.41) is 0. The maximum atomic E-state index is 2.70. The minimum atomic E-state index is 0.701. The zero-order chi connectivity index (χ0) is 7.90. The lowest BCUT2D eigenvalue weighted by atomic mass is 9.91. The molecule has 0 unspecified atom stereocenters. The van der Waals surface area contributed by atoms with E-state index < -0.39 is 0 Å². The van der Waals surface area contributed by atoms with Crippen molar-refractivity contribution in [2.24, 2.45) is 5.92 Å². The third kappa shape index (κ3) is 1.20. The molecule has 1 aliphatic heterocycles. The van der Waals surface area contributed by atoms with Crippen molar-refractivity contribution in [1.29, 1.82) is 0 Å². The van der Waals surface area contributed by atoms with E-state index in [4.69, 9.17) is 0 Å². The van der Waals surface area contributed by atoms with E-state index in [1.165, 1.54) is 38.8 Å². The van der Waals surface area contributed by atoms with Crippen LogP contribution in [0, 0.1) is 5.92 Å². The predicted octanol–water partition coefficient (Wildman–Crippen LogP) is 2.27. The first kappa shape index (κ1) is 7.60. The molecule has 0 aromatic heterocycles. The fourth-order valence-corrected chi connectivity index (χ4v) is 2.65. The second-order valence-electron chi connectivity index (χ2n) is 4.40. The quantitative estimate of drug-likeness (QED) is 0.558. The Morgan fingerprint density at radius 1 is 1.45 bits per heavy atom. The molecule has 1 heteroatoms. The summed E-state index contributed by atoms with van der Waals surface area (Å²) in [5.41, 5.74) is 0.701. The lowest BCUT2D eigenvalue weighted by Crippen LogP contribution is -2.43. The highest BCUT2D eigenvalue weighted by molar-refractivity contribution is 5.06. The van der Waals surface area contributed by atoms with Crippen molar-refractivity contribution in [3.05, 3.63) is 0 Å². The van der Waals surface area contributed by atoms with Gasteiger partial charge in [0.2, 0.25) is 0 Å². The van der Waals surface area contributed by atoms with Gasteiger partial charge in [-0.15, -0.1) is 0 Å². The van der Waals surface area contributed by atoms with Gasteiger partial charge in [0, 0.05) is 5.54 Å². The van der Waals surface area contributed by atoms with E-state index in [0.29, 0.717) is 5.54 Å². The summed E-state index contributed by atoms with van der Waals surface area (Å²) < 4.78 is 0. The standard InChI is InChI=1S/C10H19N/c1-3-11-7-4-9(2)8-10(11)5-6-10/h9H,3-8H2,1-2H3/t9-/m0/s1. The third-order valence-corrected chi connectivity index (χ3v) is 3.50. The molecule has 0 radical (unpaired) electrons. The molecule has 1 atom stereocenters. The average Bonchev–Trinajstić information content (AvgIpc) is 2.70. The number of nitrogens with zero attached hydrogens (tertiary/aromatic N) is 1. The van der Waals surface area contributed by atoms with E-state index in [1.54, 1.807) is 0 Å². The van der Waals surface area contributed by atoms with Gasteiger partial charge in [0.1, 0.15) is 0 Å². The Kier molecular flexibility index (Phi) is 1.71. The van der Waals surface area contributed by atoms with Gasteiger partial charge in [-0.1, -0.05) is 13.8 Å². The maximum absolute atomic E-state index is 2.70. The molecule has 11 heavy (non-hydrogen) atoms. The number of hydrogen-bond acceptors (Lipinski definition) is 1. The van der Waals surface area contributed by atoms with Crippen LogP contribution in [0.25, 0.3) is 0 Å². The molecule has 2 rings (SSSR count). The minimum absolute atomic E-state index is 0.701. The highest BCUT2D eigenvalue weighted by Crippen LogP contribution is 2.49. The summed E-state index contributed by atoms with van der Waals surface area (Å²) >= 11 is 0. The number of likely N-dealkylation sites (tertiary alicyclic amines) is 1. The van der Waals surface area contributed by atoms with Crippen molar-refractivity contribution >= 4 is 0 Å². The number of piperidine rings is 1. The molecular weight excluding hydrogens is 134 g/mol. The Morgan fingerprint density at radius 3 is 2.73 bits per heavy atom. The first-order valence-electron chi connectivity index (χ1n) is 5.02. The zero-order valence-corrected chi connectivity index (χ0v) is 7.77. The largest absolute Gasteiger partial charge is 0.298 e. The van der Waals surface area contributed by atoms with Gasteiger partial charge < -0.3 is 0 Å². The van der Waals surface area contributed by atoms with Gasteiger partial charge in [0.15, 0.2) is 0 Å². The van der Waals surface area contributed by atoms with Crippen LogP contribution in [0.3, 0.4) is 0 Å². The Labute approximate surface area is 69.8 Å². The van der Waals surface area contributed by atoms with E-state index in [0.717, 1.165) is 5.92 Å². The van der Waals surface area contributed by atoms with Crippen LogP contribution < -0.4 is 0 Å². The van der Waals surface area contributed by atoms with Crippen LogP contribution in [-0.4, -0.2) is 23.5 Å². The molecule has 0 N–H and O–H groups in total. The molecule has 64 valence electrons. The van der Waals surface area contributed by atoms with Crippen molar-refractivity contribution in [3.8, 4) is 0 Å². The molecular formula is C10H19N. The first-order valence-corrected chi connectivity index (χ1v) is 5.02. The summed E-state index contributed by atoms with van der Waals surface area (Å²) in [6.45, 7) is 7.34. The normalized spacial score (nSPS) is 36.0. The first-order chi connectivity index (χ1) is 5.27. The Hall–Kier alpha value is -0.0400. The third-order valence-electron chi connectivity index (χ3n) is 3.50. The Morgan fingerprint density at radius 2 is 2.18 bits per heavy atom. The van der Waals surface area contributed by atoms with E-state index in [9.17, 15) is 0 Å². The van der Waals surface area contributed by atoms with Crippen LogP contribution in [0.4, 0.5) is 0 Å². The van der Waals surface area contributed by atoms with Gasteiger partial charge in [-0.05, 0) is 44.7 Å². The van der Waals surface area contributed by atoms with Crippen molar-refractivity contribution < 1.29 is 0 Å². The van der Waals surface area contributed by atoms with Gasteiger partial charge >= 0.3 is 0 Å². The van der Waals surface area contributed by atoms with Crippen molar-refractivity contribution in [2.45, 2.75) is 45.1 Å². The monoisotopic (exact) mass is 153 g/mol. The van der Waals surface area contributed by atoms with E-state index in [-0.39, 0.29) is 0 Å². The number of rotatable bonds is 1. The molecule has 2 aliphatic rings. The molecule has 0 bridgehead atoms. The van der Waals surface area contributed by atoms with Gasteiger partial charge in [-0.2, -0.15) is 0 Å². The van der Waals surface area contributed by atoms with Crippen LogP contribution in [0.1, 0.15) is 39.5 Å². The maximum Gasteiger partial charge on any atom is 0.0213 e. The molecule has 0 amide bonds. The lowest BCUT2D eigenvalue weighted by Gasteiger charge is -2.38. The highest BCUT2D eigenvalue weighted by Gasteiger charge is 2.49. The molecule has 1 saturated carbocycles. The summed E-state index contributed by atoms with van der Waals surface area (Å²) in [4.78, 5) is 2.70. The second-order valence-corrected chi connectivity index (χ2v) is 4.40. The van der Waals surface area contributed by atoms with E-state index >= 15 is 0 Å². The average molecular weight is 153 g/mol. The van der Waals surface area contributed by atoms with E-state index in [2.05, 4.69) is 18.7 Å². The molecule has 2 fully saturated rings. The zero-order valence-electron chi connectivity index (χ0n) is 7.77. The van der Waals surface area contributed by atoms with Crippen molar-refractivity contribution in [1.82, 2.24) is 4.90 Å². The molecule has 0 aromatic rings. The fraction of sp³-hybridized carbons (Fsp3) is 1.00. The molecule has 1 aliphatic carbocycles. The molecule has 1 spiro atoms. The minimum Gasteiger partial charge on any atom is -0.298 e. The molecule has 1 heterocycles. The van der Waals surface area contributed by atoms with Crippen LogP contribution in [0.2, 0.25) is 0 Å². The van der Waals surface area contributed by atoms with Gasteiger partial charge in [0.05, 0.1) is 0 Å². The number of hydrogen-bond donors (Lipinski definition) is 0. The van der Waals surface area contributed by atoms with Crippen molar-refractivity contribution in [2.75, 3.05) is 13.1 Å². The summed E-state index contributed by atoms with van der Waals surface area (Å²) in [6, 6.07) is 0. The second kappa shape index (κ2) is 2.48. The smallest absolute Gasteiger partial charge is 0.0213 e. The Bertz CT molecular complexity index is 149. The summed E-state index contributed by atoms with van der Waals surface area (Å²) in [7, 11) is 0. The molecule has 1 saturated heterocycles. The van der Waals surface area contributed by atoms with Gasteiger partial charge in [-0.25, -0.2) is 0 Å². The lowest BCUT2D eigenvalue weighted by molar-refractivity contribution is 0.106. The van der Waals surface area contributed by atoms with Crippen LogP contribution in [0.15, 0.2) is 0 Å². The Balaban J connectivity index is 2.02. The van der Waals surface area contributed by atoms with E-state index in [1.807, 2.05) is 0 Å². The molecule has 1 nitrogen and oxygen atoms in total. The van der Waals surface area contributed by atoms with Gasteiger partial charge in [-0.3, -0.25) is 4.90 Å². The van der Waals surface area contributed by atoms with Gasteiger partial charge in [0.25, 0.3) is 0 Å². The molecule has 0 aromatic carbocycles. The SMILES string of the molecule is CCN1CC[C@H](C)CC12CC2. The topological polar surface area (TPSA) is 3.24 Å².